The molecule has 1 aromatic carbocycles. The van der Waals surface area contributed by atoms with E-state index in [4.69, 9.17) is 14.5 Å². The van der Waals surface area contributed by atoms with E-state index in [0.717, 1.165) is 11.3 Å². The SMILES string of the molecule is C=CC(=O)CCCC(=O)Oc1c(C(C)C)nc(C(C)C)c(COC)c1-c1ccc(F)cc1. The fraction of sp³-hybridized carbons (Fsp3) is 0.423. The molecule has 0 saturated carbocycles. The first-order valence-electron chi connectivity index (χ1n) is 10.9. The Balaban J connectivity index is 2.64. The van der Waals surface area contributed by atoms with Crippen molar-refractivity contribution in [3.05, 3.63) is 59.7 Å². The van der Waals surface area contributed by atoms with Crippen LogP contribution >= 0.6 is 0 Å². The molecular formula is C26H32FNO4. The van der Waals surface area contributed by atoms with Gasteiger partial charge in [0.05, 0.1) is 12.3 Å². The van der Waals surface area contributed by atoms with E-state index in [2.05, 4.69) is 6.58 Å². The van der Waals surface area contributed by atoms with Crippen molar-refractivity contribution in [2.75, 3.05) is 7.11 Å². The molecule has 32 heavy (non-hydrogen) atoms. The van der Waals surface area contributed by atoms with Crippen molar-refractivity contribution in [2.24, 2.45) is 0 Å². The second kappa shape index (κ2) is 11.7. The molecule has 0 aliphatic heterocycles. The van der Waals surface area contributed by atoms with Crippen LogP contribution in [-0.2, 0) is 20.9 Å². The largest absolute Gasteiger partial charge is 0.424 e. The van der Waals surface area contributed by atoms with Crippen LogP contribution in [0.15, 0.2) is 36.9 Å². The van der Waals surface area contributed by atoms with Crippen LogP contribution in [-0.4, -0.2) is 23.8 Å². The molecular weight excluding hydrogens is 409 g/mol. The van der Waals surface area contributed by atoms with Crippen molar-refractivity contribution in [2.45, 2.75) is 65.4 Å². The number of hydrogen-bond donors (Lipinski definition) is 0. The minimum atomic E-state index is -0.449. The minimum Gasteiger partial charge on any atom is -0.424 e. The molecule has 0 spiro atoms. The molecule has 172 valence electrons. The molecule has 0 aliphatic carbocycles. The Labute approximate surface area is 189 Å². The lowest BCUT2D eigenvalue weighted by Gasteiger charge is -2.24. The second-order valence-corrected chi connectivity index (χ2v) is 8.31. The molecule has 1 aromatic heterocycles. The smallest absolute Gasteiger partial charge is 0.311 e. The molecule has 0 bridgehead atoms. The highest BCUT2D eigenvalue weighted by molar-refractivity contribution is 5.89. The first-order chi connectivity index (χ1) is 15.2. The number of ether oxygens (including phenoxy) is 2. The van der Waals surface area contributed by atoms with Crippen LogP contribution < -0.4 is 4.74 Å². The molecule has 0 atom stereocenters. The summed E-state index contributed by atoms with van der Waals surface area (Å²) < 4.78 is 25.0. The summed E-state index contributed by atoms with van der Waals surface area (Å²) in [5.74, 6) is -0.467. The molecule has 2 aromatic rings. The van der Waals surface area contributed by atoms with Gasteiger partial charge < -0.3 is 9.47 Å². The third-order valence-electron chi connectivity index (χ3n) is 5.07. The number of pyridine rings is 1. The fourth-order valence-electron chi connectivity index (χ4n) is 3.50. The van der Waals surface area contributed by atoms with Gasteiger partial charge in [-0.3, -0.25) is 14.6 Å². The predicted molar refractivity (Wildman–Crippen MR) is 123 cm³/mol. The van der Waals surface area contributed by atoms with Gasteiger partial charge >= 0.3 is 5.97 Å². The Bertz CT molecular complexity index is 965. The summed E-state index contributed by atoms with van der Waals surface area (Å²) in [6, 6.07) is 6.09. The number of ketones is 1. The van der Waals surface area contributed by atoms with Crippen LogP contribution in [0, 0.1) is 5.82 Å². The molecule has 6 heteroatoms. The number of esters is 1. The Kier molecular flexibility index (Phi) is 9.27. The summed E-state index contributed by atoms with van der Waals surface area (Å²) in [5, 5.41) is 0. The average Bonchev–Trinajstić information content (AvgIpc) is 2.74. The van der Waals surface area contributed by atoms with E-state index in [1.165, 1.54) is 18.2 Å². The van der Waals surface area contributed by atoms with Crippen molar-refractivity contribution in [1.82, 2.24) is 4.98 Å². The molecule has 0 radical (unpaired) electrons. The standard InChI is InChI=1S/C26H32FNO4/c1-7-20(29)9-8-10-22(30)32-26-23(18-11-13-19(27)14-12-18)21(15-31-6)24(16(2)3)28-25(26)17(4)5/h7,11-14,16-17H,1,8-10,15H2,2-6H3. The summed E-state index contributed by atoms with van der Waals surface area (Å²) in [6.07, 6.45) is 1.95. The molecule has 5 nitrogen and oxygen atoms in total. The third-order valence-corrected chi connectivity index (χ3v) is 5.07. The molecule has 0 fully saturated rings. The maximum absolute atomic E-state index is 13.7. The van der Waals surface area contributed by atoms with Gasteiger partial charge in [-0.15, -0.1) is 0 Å². The molecule has 1 heterocycles. The molecule has 0 amide bonds. The summed E-state index contributed by atoms with van der Waals surface area (Å²) in [4.78, 5) is 29.0. The van der Waals surface area contributed by atoms with E-state index in [1.807, 2.05) is 27.7 Å². The number of methoxy groups -OCH3 is 1. The average molecular weight is 442 g/mol. The molecule has 0 N–H and O–H groups in total. The predicted octanol–water partition coefficient (Wildman–Crippen LogP) is 6.11. The monoisotopic (exact) mass is 441 g/mol. The number of benzene rings is 1. The Morgan fingerprint density at radius 3 is 2.22 bits per heavy atom. The van der Waals surface area contributed by atoms with Crippen molar-refractivity contribution in [3.8, 4) is 16.9 Å². The second-order valence-electron chi connectivity index (χ2n) is 8.31. The minimum absolute atomic E-state index is 0.0200. The maximum Gasteiger partial charge on any atom is 0.311 e. The van der Waals surface area contributed by atoms with Crippen LogP contribution in [0.2, 0.25) is 0 Å². The number of allylic oxidation sites excluding steroid dienone is 1. The highest BCUT2D eigenvalue weighted by atomic mass is 19.1. The zero-order chi connectivity index (χ0) is 23.8. The number of halogens is 1. The Hall–Kier alpha value is -2.86. The molecule has 2 rings (SSSR count). The van der Waals surface area contributed by atoms with Gasteiger partial charge in [0.1, 0.15) is 5.82 Å². The van der Waals surface area contributed by atoms with E-state index < -0.39 is 5.97 Å². The van der Waals surface area contributed by atoms with E-state index in [1.54, 1.807) is 19.2 Å². The third kappa shape index (κ3) is 6.33. The van der Waals surface area contributed by atoms with E-state index in [9.17, 15) is 14.0 Å². The lowest BCUT2D eigenvalue weighted by atomic mass is 9.91. The highest BCUT2D eigenvalue weighted by Gasteiger charge is 2.26. The maximum atomic E-state index is 13.7. The number of aromatic nitrogens is 1. The van der Waals surface area contributed by atoms with Crippen molar-refractivity contribution < 1.29 is 23.5 Å². The molecule has 0 saturated heterocycles. The number of carbonyl (C=O) groups is 2. The molecule has 0 unspecified atom stereocenters. The van der Waals surface area contributed by atoms with Gasteiger partial charge in [0.25, 0.3) is 0 Å². The van der Waals surface area contributed by atoms with Crippen LogP contribution in [0.1, 0.15) is 75.7 Å². The number of nitrogens with zero attached hydrogens (tertiary/aromatic N) is 1. The summed E-state index contributed by atoms with van der Waals surface area (Å²) in [5.41, 5.74) is 3.72. The first kappa shape index (κ1) is 25.4. The lowest BCUT2D eigenvalue weighted by molar-refractivity contribution is -0.134. The number of rotatable bonds is 11. The van der Waals surface area contributed by atoms with Gasteiger partial charge in [0.2, 0.25) is 0 Å². The van der Waals surface area contributed by atoms with Gasteiger partial charge in [-0.1, -0.05) is 46.4 Å². The van der Waals surface area contributed by atoms with Crippen LogP contribution in [0.4, 0.5) is 4.39 Å². The van der Waals surface area contributed by atoms with Gasteiger partial charge in [0, 0.05) is 36.8 Å². The Morgan fingerprint density at radius 1 is 1.06 bits per heavy atom. The van der Waals surface area contributed by atoms with Gasteiger partial charge in [-0.25, -0.2) is 4.39 Å². The van der Waals surface area contributed by atoms with E-state index in [0.29, 0.717) is 29.0 Å². The molecule has 0 aliphatic rings. The Morgan fingerprint density at radius 2 is 1.69 bits per heavy atom. The topological polar surface area (TPSA) is 65.5 Å². The van der Waals surface area contributed by atoms with Gasteiger partial charge in [-0.05, 0) is 42.0 Å². The number of carbonyl (C=O) groups excluding carboxylic acids is 2. The quantitative estimate of drug-likeness (QED) is 0.311. The van der Waals surface area contributed by atoms with Gasteiger partial charge in [-0.2, -0.15) is 0 Å². The first-order valence-corrected chi connectivity index (χ1v) is 10.9. The summed E-state index contributed by atoms with van der Waals surface area (Å²) in [6.45, 7) is 11.8. The van der Waals surface area contributed by atoms with Crippen molar-refractivity contribution >= 4 is 11.8 Å². The summed E-state index contributed by atoms with van der Waals surface area (Å²) >= 11 is 0. The summed E-state index contributed by atoms with van der Waals surface area (Å²) in [7, 11) is 1.59. The van der Waals surface area contributed by atoms with Crippen LogP contribution in [0.5, 0.6) is 5.75 Å². The van der Waals surface area contributed by atoms with Crippen LogP contribution in [0.25, 0.3) is 11.1 Å². The van der Waals surface area contributed by atoms with E-state index >= 15 is 0 Å². The van der Waals surface area contributed by atoms with Gasteiger partial charge in [0.15, 0.2) is 11.5 Å². The van der Waals surface area contributed by atoms with Crippen molar-refractivity contribution in [3.63, 3.8) is 0 Å². The number of hydrogen-bond acceptors (Lipinski definition) is 5. The van der Waals surface area contributed by atoms with Crippen molar-refractivity contribution in [1.29, 1.82) is 0 Å². The van der Waals surface area contributed by atoms with Crippen LogP contribution in [0.3, 0.4) is 0 Å². The fourth-order valence-corrected chi connectivity index (χ4v) is 3.50. The zero-order valence-electron chi connectivity index (χ0n) is 19.5. The highest BCUT2D eigenvalue weighted by Crippen LogP contribution is 2.42. The normalized spacial score (nSPS) is 11.1. The van der Waals surface area contributed by atoms with E-state index in [-0.39, 0.29) is 42.9 Å². The zero-order valence-corrected chi connectivity index (χ0v) is 19.5. The lowest BCUT2D eigenvalue weighted by Crippen LogP contribution is -2.16.